The number of H-pyrrole nitrogens is 1. The summed E-state index contributed by atoms with van der Waals surface area (Å²) in [4.78, 5) is 18.0. The molecule has 0 saturated carbocycles. The lowest BCUT2D eigenvalue weighted by Gasteiger charge is -2.08. The maximum atomic E-state index is 12.1. The van der Waals surface area contributed by atoms with Crippen LogP contribution in [0, 0.1) is 0 Å². The van der Waals surface area contributed by atoms with Crippen molar-refractivity contribution in [3.63, 3.8) is 0 Å². The highest BCUT2D eigenvalue weighted by Gasteiger charge is 2.26. The van der Waals surface area contributed by atoms with Gasteiger partial charge in [-0.1, -0.05) is 23.2 Å². The highest BCUT2D eigenvalue weighted by Crippen LogP contribution is 2.28. The number of aromatic nitrogens is 4. The van der Waals surface area contributed by atoms with Gasteiger partial charge in [-0.3, -0.25) is 9.82 Å². The van der Waals surface area contributed by atoms with Crippen molar-refractivity contribution < 1.29 is 18.3 Å². The van der Waals surface area contributed by atoms with Crippen molar-refractivity contribution in [2.45, 2.75) is 5.03 Å². The quantitative estimate of drug-likeness (QED) is 0.707. The largest absolute Gasteiger partial charge is 0.478 e. The molecular formula is C8H5Cl2N5O4S. The Morgan fingerprint density at radius 3 is 2.45 bits per heavy atom. The van der Waals surface area contributed by atoms with Gasteiger partial charge in [-0.05, 0) is 0 Å². The van der Waals surface area contributed by atoms with E-state index in [-0.39, 0.29) is 16.0 Å². The summed E-state index contributed by atoms with van der Waals surface area (Å²) in [6.07, 6.45) is 1.91. The Morgan fingerprint density at radius 2 is 1.90 bits per heavy atom. The predicted molar refractivity (Wildman–Crippen MR) is 68.4 cm³/mol. The maximum absolute atomic E-state index is 12.1. The van der Waals surface area contributed by atoms with Gasteiger partial charge >= 0.3 is 5.97 Å². The number of aromatic carboxylic acids is 1. The monoisotopic (exact) mass is 337 g/mol. The van der Waals surface area contributed by atoms with Gasteiger partial charge < -0.3 is 5.11 Å². The third-order valence-electron chi connectivity index (χ3n) is 2.09. The van der Waals surface area contributed by atoms with E-state index in [2.05, 4.69) is 20.2 Å². The first-order valence-corrected chi connectivity index (χ1v) is 7.02. The predicted octanol–water partition coefficient (Wildman–Crippen LogP) is 1.01. The molecule has 0 radical (unpaired) electrons. The first-order chi connectivity index (χ1) is 9.33. The summed E-state index contributed by atoms with van der Waals surface area (Å²) in [6.45, 7) is 0. The first-order valence-electron chi connectivity index (χ1n) is 4.78. The van der Waals surface area contributed by atoms with Gasteiger partial charge in [0.15, 0.2) is 15.3 Å². The molecule has 0 aliphatic carbocycles. The maximum Gasteiger partial charge on any atom is 0.340 e. The Bertz CT molecular complexity index is 755. The lowest BCUT2D eigenvalue weighted by molar-refractivity contribution is 0.0692. The topological polar surface area (TPSA) is 138 Å². The van der Waals surface area contributed by atoms with E-state index in [9.17, 15) is 13.2 Å². The van der Waals surface area contributed by atoms with Crippen LogP contribution in [-0.2, 0) is 10.0 Å². The van der Waals surface area contributed by atoms with Crippen LogP contribution >= 0.6 is 23.2 Å². The summed E-state index contributed by atoms with van der Waals surface area (Å²) in [6, 6.07) is 0. The van der Waals surface area contributed by atoms with Gasteiger partial charge in [0.1, 0.15) is 17.6 Å². The van der Waals surface area contributed by atoms with Crippen LogP contribution in [0.5, 0.6) is 0 Å². The molecule has 9 nitrogen and oxygen atoms in total. The van der Waals surface area contributed by atoms with E-state index in [0.29, 0.717) is 0 Å². The molecule has 0 amide bonds. The molecule has 0 aliphatic heterocycles. The fourth-order valence-corrected chi connectivity index (χ4v) is 2.93. The second-order valence-electron chi connectivity index (χ2n) is 3.35. The van der Waals surface area contributed by atoms with Gasteiger partial charge in [-0.2, -0.15) is 13.5 Å². The molecule has 0 unspecified atom stereocenters. The summed E-state index contributed by atoms with van der Waals surface area (Å²) >= 11 is 11.4. The van der Waals surface area contributed by atoms with Crippen LogP contribution in [0.4, 0.5) is 5.69 Å². The molecule has 0 fully saturated rings. The molecule has 3 N–H and O–H groups in total. The van der Waals surface area contributed by atoms with Crippen LogP contribution < -0.4 is 4.72 Å². The highest BCUT2D eigenvalue weighted by molar-refractivity contribution is 7.92. The summed E-state index contributed by atoms with van der Waals surface area (Å²) < 4.78 is 26.1. The molecule has 0 aliphatic rings. The molecule has 2 aromatic rings. The summed E-state index contributed by atoms with van der Waals surface area (Å²) in [7, 11) is -4.29. The zero-order chi connectivity index (χ0) is 14.9. The van der Waals surface area contributed by atoms with Crippen molar-refractivity contribution in [2.75, 3.05) is 4.72 Å². The van der Waals surface area contributed by atoms with Crippen LogP contribution in [0.2, 0.25) is 10.3 Å². The molecule has 12 heteroatoms. The van der Waals surface area contributed by atoms with Crippen molar-refractivity contribution in [1.29, 1.82) is 0 Å². The molecule has 2 rings (SSSR count). The van der Waals surface area contributed by atoms with Gasteiger partial charge in [0.2, 0.25) is 0 Å². The fraction of sp³-hybridized carbons (Fsp3) is 0. The van der Waals surface area contributed by atoms with Gasteiger partial charge in [0.25, 0.3) is 10.0 Å². The fourth-order valence-electron chi connectivity index (χ4n) is 1.25. The molecule has 20 heavy (non-hydrogen) atoms. The molecule has 0 spiro atoms. The normalized spacial score (nSPS) is 11.3. The number of aromatic amines is 1. The van der Waals surface area contributed by atoms with Crippen molar-refractivity contribution in [2.24, 2.45) is 0 Å². The number of sulfonamides is 1. The average molecular weight is 338 g/mol. The van der Waals surface area contributed by atoms with Crippen LogP contribution in [0.15, 0.2) is 17.6 Å². The number of nitrogens with one attached hydrogen (secondary N) is 2. The zero-order valence-electron chi connectivity index (χ0n) is 9.33. The van der Waals surface area contributed by atoms with E-state index in [1.54, 1.807) is 0 Å². The molecular weight excluding hydrogens is 333 g/mol. The second-order valence-corrected chi connectivity index (χ2v) is 5.69. The third kappa shape index (κ3) is 2.66. The smallest absolute Gasteiger partial charge is 0.340 e. The average Bonchev–Trinajstić information content (AvgIpc) is 2.84. The number of carbonyl (C=O) groups is 1. The van der Waals surface area contributed by atoms with E-state index in [0.717, 1.165) is 12.5 Å². The van der Waals surface area contributed by atoms with Crippen LogP contribution in [0.3, 0.4) is 0 Å². The molecule has 2 heterocycles. The zero-order valence-corrected chi connectivity index (χ0v) is 11.7. The van der Waals surface area contributed by atoms with Crippen LogP contribution in [-0.4, -0.2) is 39.7 Å². The number of hydrogen-bond donors (Lipinski definition) is 3. The van der Waals surface area contributed by atoms with E-state index >= 15 is 0 Å². The number of nitrogens with zero attached hydrogens (tertiary/aromatic N) is 3. The number of carboxylic acid groups (broad SMARTS) is 1. The summed E-state index contributed by atoms with van der Waals surface area (Å²) in [5.41, 5.74) is -0.789. The molecule has 0 atom stereocenters. The highest BCUT2D eigenvalue weighted by atomic mass is 35.5. The minimum atomic E-state index is -4.29. The minimum Gasteiger partial charge on any atom is -0.478 e. The lowest BCUT2D eigenvalue weighted by atomic mass is 10.4. The number of anilines is 1. The Morgan fingerprint density at radius 1 is 1.30 bits per heavy atom. The Kier molecular flexibility index (Phi) is 3.79. The summed E-state index contributed by atoms with van der Waals surface area (Å²) in [5, 5.41) is 13.2. The lowest BCUT2D eigenvalue weighted by Crippen LogP contribution is -2.17. The molecule has 0 bridgehead atoms. The van der Waals surface area contributed by atoms with Gasteiger partial charge in [-0.25, -0.2) is 14.8 Å². The van der Waals surface area contributed by atoms with Crippen LogP contribution in [0.1, 0.15) is 10.4 Å². The summed E-state index contributed by atoms with van der Waals surface area (Å²) in [5.74, 6) is -1.46. The molecule has 106 valence electrons. The Labute approximate surface area is 122 Å². The van der Waals surface area contributed by atoms with Gasteiger partial charge in [0.05, 0.1) is 6.20 Å². The number of carboxylic acids is 1. The van der Waals surface area contributed by atoms with E-state index in [1.807, 2.05) is 4.72 Å². The van der Waals surface area contributed by atoms with Crippen LogP contribution in [0.25, 0.3) is 0 Å². The van der Waals surface area contributed by atoms with Gasteiger partial charge in [0, 0.05) is 0 Å². The number of rotatable bonds is 4. The molecule has 0 saturated heterocycles. The van der Waals surface area contributed by atoms with Gasteiger partial charge in [-0.15, -0.1) is 0 Å². The van der Waals surface area contributed by atoms with Crippen molar-refractivity contribution in [3.8, 4) is 0 Å². The van der Waals surface area contributed by atoms with E-state index in [4.69, 9.17) is 28.3 Å². The Balaban J connectivity index is 2.47. The van der Waals surface area contributed by atoms with Crippen molar-refractivity contribution >= 4 is 44.9 Å². The SMILES string of the molecule is O=C(O)c1cn[nH]c1S(=O)(=O)Nc1c(Cl)ncnc1Cl. The minimum absolute atomic E-state index is 0.232. The molecule has 0 aromatic carbocycles. The number of hydrogen-bond acceptors (Lipinski definition) is 6. The Hall–Kier alpha value is -1.91. The number of halogens is 2. The first kappa shape index (κ1) is 14.5. The standard InChI is InChI=1S/C8H5Cl2N5O4S/c9-5-4(6(10)12-2-11-5)15-20(18,19)7-3(8(16)17)1-13-14-7/h1-2,15H,(H,13,14)(H,16,17). The van der Waals surface area contributed by atoms with Crippen molar-refractivity contribution in [3.05, 3.63) is 28.4 Å². The molecule has 2 aromatic heterocycles. The van der Waals surface area contributed by atoms with Crippen molar-refractivity contribution in [1.82, 2.24) is 20.2 Å². The second kappa shape index (κ2) is 5.23. The third-order valence-corrected chi connectivity index (χ3v) is 3.99. The van der Waals surface area contributed by atoms with E-state index in [1.165, 1.54) is 0 Å². The van der Waals surface area contributed by atoms with E-state index < -0.39 is 26.6 Å².